The minimum Gasteiger partial charge on any atom is -0.497 e. The second-order valence-electron chi connectivity index (χ2n) is 6.03. The Morgan fingerprint density at radius 3 is 2.54 bits per heavy atom. The maximum atomic E-state index is 12.5. The zero-order valence-corrected chi connectivity index (χ0v) is 15.3. The zero-order chi connectivity index (χ0) is 18.4. The monoisotopic (exact) mass is 368 g/mol. The summed E-state index contributed by atoms with van der Waals surface area (Å²) in [4.78, 5) is 12.5. The standard InChI is InChI=1S/C21H21ClN2O2/c1-26-19-6-4-5-17(13-19)20(24-11-2-3-12-24)14-21(25)23-15-16-7-9-18(22)10-8-16/h2-13,20H,14-15H2,1H3,(H,23,25)/t20-/m1/s1. The van der Waals surface area contributed by atoms with Gasteiger partial charge >= 0.3 is 0 Å². The number of benzene rings is 2. The average molecular weight is 369 g/mol. The Morgan fingerprint density at radius 1 is 1.12 bits per heavy atom. The fourth-order valence-electron chi connectivity index (χ4n) is 2.85. The smallest absolute Gasteiger partial charge is 0.222 e. The van der Waals surface area contributed by atoms with Gasteiger partial charge in [0.1, 0.15) is 5.75 Å². The second kappa shape index (κ2) is 8.59. The summed E-state index contributed by atoms with van der Waals surface area (Å²) in [6.07, 6.45) is 4.28. The van der Waals surface area contributed by atoms with Gasteiger partial charge in [0.2, 0.25) is 5.91 Å². The molecule has 2 aromatic carbocycles. The Hall–Kier alpha value is -2.72. The molecule has 0 radical (unpaired) electrons. The largest absolute Gasteiger partial charge is 0.497 e. The van der Waals surface area contributed by atoms with Crippen molar-refractivity contribution in [3.63, 3.8) is 0 Å². The third-order valence-electron chi connectivity index (χ3n) is 4.25. The summed E-state index contributed by atoms with van der Waals surface area (Å²) in [5.74, 6) is 0.766. The Morgan fingerprint density at radius 2 is 1.85 bits per heavy atom. The number of rotatable bonds is 7. The predicted molar refractivity (Wildman–Crippen MR) is 103 cm³/mol. The molecule has 0 spiro atoms. The number of methoxy groups -OCH3 is 1. The third kappa shape index (κ3) is 4.67. The maximum absolute atomic E-state index is 12.5. The van der Waals surface area contributed by atoms with Gasteiger partial charge in [0.25, 0.3) is 0 Å². The van der Waals surface area contributed by atoms with Crippen molar-refractivity contribution in [1.29, 1.82) is 0 Å². The Balaban J connectivity index is 1.71. The van der Waals surface area contributed by atoms with E-state index in [2.05, 4.69) is 5.32 Å². The molecule has 0 saturated heterocycles. The van der Waals surface area contributed by atoms with Crippen LogP contribution in [0.4, 0.5) is 0 Å². The van der Waals surface area contributed by atoms with Crippen LogP contribution in [-0.4, -0.2) is 17.6 Å². The topological polar surface area (TPSA) is 43.3 Å². The first-order chi connectivity index (χ1) is 12.7. The quantitative estimate of drug-likeness (QED) is 0.669. The molecular weight excluding hydrogens is 348 g/mol. The van der Waals surface area contributed by atoms with Crippen molar-refractivity contribution in [3.05, 3.63) is 89.2 Å². The molecule has 3 rings (SSSR count). The minimum absolute atomic E-state index is 0.0125. The van der Waals surface area contributed by atoms with Crippen molar-refractivity contribution >= 4 is 17.5 Å². The van der Waals surface area contributed by atoms with Crippen molar-refractivity contribution in [2.24, 2.45) is 0 Å². The number of carbonyl (C=O) groups is 1. The summed E-state index contributed by atoms with van der Waals surface area (Å²) in [5.41, 5.74) is 2.05. The van der Waals surface area contributed by atoms with Gasteiger partial charge in [0, 0.05) is 24.0 Å². The van der Waals surface area contributed by atoms with Crippen molar-refractivity contribution in [2.45, 2.75) is 19.0 Å². The molecule has 0 aliphatic carbocycles. The van der Waals surface area contributed by atoms with Crippen LogP contribution >= 0.6 is 11.6 Å². The number of nitrogens with zero attached hydrogens (tertiary/aromatic N) is 1. The molecule has 1 N–H and O–H groups in total. The first kappa shape index (κ1) is 18.1. The van der Waals surface area contributed by atoms with Gasteiger partial charge < -0.3 is 14.6 Å². The minimum atomic E-state index is -0.0923. The molecule has 1 amide bonds. The molecule has 0 bridgehead atoms. The molecule has 1 heterocycles. The summed E-state index contributed by atoms with van der Waals surface area (Å²) >= 11 is 5.89. The summed E-state index contributed by atoms with van der Waals surface area (Å²) in [6, 6.07) is 19.1. The van der Waals surface area contributed by atoms with Crippen LogP contribution in [0, 0.1) is 0 Å². The molecule has 0 aliphatic rings. The van der Waals surface area contributed by atoms with Crippen LogP contribution in [0.15, 0.2) is 73.1 Å². The normalized spacial score (nSPS) is 11.8. The van der Waals surface area contributed by atoms with Crippen LogP contribution in [0.5, 0.6) is 5.75 Å². The average Bonchev–Trinajstić information content (AvgIpc) is 3.20. The first-order valence-electron chi connectivity index (χ1n) is 8.43. The zero-order valence-electron chi connectivity index (χ0n) is 14.6. The number of amides is 1. The van der Waals surface area contributed by atoms with Crippen LogP contribution < -0.4 is 10.1 Å². The number of halogens is 1. The maximum Gasteiger partial charge on any atom is 0.222 e. The molecule has 0 unspecified atom stereocenters. The van der Waals surface area contributed by atoms with Crippen LogP contribution in [0.3, 0.4) is 0 Å². The molecule has 1 aromatic heterocycles. The van der Waals surface area contributed by atoms with E-state index in [1.54, 1.807) is 7.11 Å². The lowest BCUT2D eigenvalue weighted by Gasteiger charge is -2.20. The highest BCUT2D eigenvalue weighted by molar-refractivity contribution is 6.30. The number of hydrogen-bond acceptors (Lipinski definition) is 2. The van der Waals surface area contributed by atoms with Crippen LogP contribution in [0.25, 0.3) is 0 Å². The lowest BCUT2D eigenvalue weighted by Crippen LogP contribution is -2.26. The van der Waals surface area contributed by atoms with Gasteiger partial charge in [0.05, 0.1) is 19.6 Å². The number of hydrogen-bond donors (Lipinski definition) is 1. The fourth-order valence-corrected chi connectivity index (χ4v) is 2.98. The lowest BCUT2D eigenvalue weighted by atomic mass is 10.0. The van der Waals surface area contributed by atoms with E-state index in [1.807, 2.05) is 77.6 Å². The van der Waals surface area contributed by atoms with Gasteiger partial charge in [-0.15, -0.1) is 0 Å². The highest BCUT2D eigenvalue weighted by Crippen LogP contribution is 2.25. The van der Waals surface area contributed by atoms with Gasteiger partial charge in [-0.2, -0.15) is 0 Å². The van der Waals surface area contributed by atoms with Crippen molar-refractivity contribution in [2.75, 3.05) is 7.11 Å². The fraction of sp³-hybridized carbons (Fsp3) is 0.190. The van der Waals surface area contributed by atoms with Gasteiger partial charge in [-0.3, -0.25) is 4.79 Å². The third-order valence-corrected chi connectivity index (χ3v) is 4.50. The van der Waals surface area contributed by atoms with Gasteiger partial charge in [-0.25, -0.2) is 0 Å². The molecule has 0 aliphatic heterocycles. The summed E-state index contributed by atoms with van der Waals surface area (Å²) in [7, 11) is 1.64. The first-order valence-corrected chi connectivity index (χ1v) is 8.81. The van der Waals surface area contributed by atoms with Gasteiger partial charge in [0.15, 0.2) is 0 Å². The van der Waals surface area contributed by atoms with Crippen LogP contribution in [0.1, 0.15) is 23.6 Å². The Kier molecular flexibility index (Phi) is 5.97. The molecule has 5 heteroatoms. The van der Waals surface area contributed by atoms with E-state index in [-0.39, 0.29) is 11.9 Å². The van der Waals surface area contributed by atoms with Crippen molar-refractivity contribution in [3.8, 4) is 5.75 Å². The summed E-state index contributed by atoms with van der Waals surface area (Å²) < 4.78 is 7.36. The van der Waals surface area contributed by atoms with E-state index in [4.69, 9.17) is 16.3 Å². The van der Waals surface area contributed by atoms with Gasteiger partial charge in [-0.1, -0.05) is 35.9 Å². The van der Waals surface area contributed by atoms with E-state index in [9.17, 15) is 4.79 Å². The predicted octanol–water partition coefficient (Wildman–Crippen LogP) is 4.45. The second-order valence-corrected chi connectivity index (χ2v) is 6.47. The summed E-state index contributed by atoms with van der Waals surface area (Å²) in [5, 5.41) is 3.67. The van der Waals surface area contributed by atoms with Crippen LogP contribution in [-0.2, 0) is 11.3 Å². The summed E-state index contributed by atoms with van der Waals surface area (Å²) in [6.45, 7) is 0.479. The molecule has 1 atom stereocenters. The van der Waals surface area contributed by atoms with Gasteiger partial charge in [-0.05, 0) is 47.5 Å². The molecule has 3 aromatic rings. The lowest BCUT2D eigenvalue weighted by molar-refractivity contribution is -0.121. The molecule has 134 valence electrons. The number of carbonyl (C=O) groups excluding carboxylic acids is 1. The van der Waals surface area contributed by atoms with Crippen molar-refractivity contribution in [1.82, 2.24) is 9.88 Å². The van der Waals surface area contributed by atoms with E-state index >= 15 is 0 Å². The van der Waals surface area contributed by atoms with E-state index in [0.717, 1.165) is 16.9 Å². The molecule has 0 saturated carbocycles. The Labute approximate surface area is 158 Å². The Bertz CT molecular complexity index is 845. The highest BCUT2D eigenvalue weighted by atomic mass is 35.5. The molecule has 0 fully saturated rings. The number of aromatic nitrogens is 1. The molecular formula is C21H21ClN2O2. The van der Waals surface area contributed by atoms with Crippen molar-refractivity contribution < 1.29 is 9.53 Å². The SMILES string of the molecule is COc1cccc([C@@H](CC(=O)NCc2ccc(Cl)cc2)n2cccc2)c1. The number of ether oxygens (including phenoxy) is 1. The van der Waals surface area contributed by atoms with E-state index < -0.39 is 0 Å². The van der Waals surface area contributed by atoms with Crippen LogP contribution in [0.2, 0.25) is 5.02 Å². The highest BCUT2D eigenvalue weighted by Gasteiger charge is 2.18. The molecule has 26 heavy (non-hydrogen) atoms. The van der Waals surface area contributed by atoms with E-state index in [0.29, 0.717) is 18.0 Å². The van der Waals surface area contributed by atoms with E-state index in [1.165, 1.54) is 0 Å². The molecule has 4 nitrogen and oxygen atoms in total. The number of nitrogens with one attached hydrogen (secondary N) is 1.